The predicted molar refractivity (Wildman–Crippen MR) is 102 cm³/mol. The van der Waals surface area contributed by atoms with E-state index in [2.05, 4.69) is 5.32 Å². The second-order valence-electron chi connectivity index (χ2n) is 7.97. The molecule has 2 saturated heterocycles. The Kier molecular flexibility index (Phi) is 6.54. The number of amides is 1. The number of fused-ring (bicyclic) bond motifs is 2. The van der Waals surface area contributed by atoms with Crippen molar-refractivity contribution in [1.82, 2.24) is 9.62 Å². The maximum absolute atomic E-state index is 13.9. The molecular formula is C19H26F3N3O3S. The summed E-state index contributed by atoms with van der Waals surface area (Å²) >= 11 is 0. The fraction of sp³-hybridized carbons (Fsp3) is 0.632. The lowest BCUT2D eigenvalue weighted by Gasteiger charge is -2.40. The first kappa shape index (κ1) is 22.0. The molecule has 0 spiro atoms. The minimum atomic E-state index is -3.51. The lowest BCUT2D eigenvalue weighted by molar-refractivity contribution is -0.118. The summed E-state index contributed by atoms with van der Waals surface area (Å²) in [5, 5.41) is 2.50. The summed E-state index contributed by atoms with van der Waals surface area (Å²) in [7, 11) is -3.51. The summed E-state index contributed by atoms with van der Waals surface area (Å²) < 4.78 is 67.5. The van der Waals surface area contributed by atoms with Crippen LogP contribution in [-0.4, -0.2) is 49.1 Å². The van der Waals surface area contributed by atoms with E-state index < -0.39 is 33.5 Å². The highest BCUT2D eigenvalue weighted by molar-refractivity contribution is 7.89. The number of hydrogen-bond acceptors (Lipinski definition) is 4. The average Bonchev–Trinajstić information content (AvgIpc) is 2.90. The Morgan fingerprint density at radius 3 is 2.34 bits per heavy atom. The highest BCUT2D eigenvalue weighted by atomic mass is 32.2. The maximum atomic E-state index is 13.9. The second-order valence-corrected chi connectivity index (χ2v) is 9.96. The normalized spacial score (nSPS) is 25.8. The van der Waals surface area contributed by atoms with E-state index in [-0.39, 0.29) is 48.2 Å². The lowest BCUT2D eigenvalue weighted by Crippen LogP contribution is -2.51. The summed E-state index contributed by atoms with van der Waals surface area (Å²) in [6.45, 7) is 1.39. The van der Waals surface area contributed by atoms with E-state index in [4.69, 9.17) is 5.73 Å². The van der Waals surface area contributed by atoms with E-state index in [1.807, 2.05) is 0 Å². The number of hydrogen-bond donors (Lipinski definition) is 2. The quantitative estimate of drug-likeness (QED) is 0.640. The van der Waals surface area contributed by atoms with E-state index in [0.29, 0.717) is 18.9 Å². The molecule has 1 unspecified atom stereocenters. The predicted octanol–water partition coefficient (Wildman–Crippen LogP) is 1.68. The van der Waals surface area contributed by atoms with Crippen molar-refractivity contribution < 1.29 is 26.4 Å². The van der Waals surface area contributed by atoms with Gasteiger partial charge in [-0.05, 0) is 49.7 Å². The molecule has 0 aromatic heterocycles. The Bertz CT molecular complexity index is 867. The minimum Gasteiger partial charge on any atom is -0.355 e. The Morgan fingerprint density at radius 1 is 1.17 bits per heavy atom. The number of sulfonamides is 1. The molecule has 2 aliphatic heterocycles. The zero-order valence-electron chi connectivity index (χ0n) is 16.2. The van der Waals surface area contributed by atoms with Crippen molar-refractivity contribution in [3.63, 3.8) is 0 Å². The van der Waals surface area contributed by atoms with Crippen molar-refractivity contribution in [2.24, 2.45) is 11.7 Å². The van der Waals surface area contributed by atoms with E-state index in [1.54, 1.807) is 4.31 Å². The first-order valence-corrected chi connectivity index (χ1v) is 11.3. The molecule has 0 aliphatic carbocycles. The van der Waals surface area contributed by atoms with Gasteiger partial charge in [0.15, 0.2) is 11.6 Å². The minimum absolute atomic E-state index is 0.0223. The highest BCUT2D eigenvalue weighted by Crippen LogP contribution is 2.41. The number of carbonyl (C=O) groups excluding carboxylic acids is 1. The molecular weight excluding hydrogens is 407 g/mol. The molecule has 10 heteroatoms. The van der Waals surface area contributed by atoms with Crippen LogP contribution in [0.1, 0.15) is 38.2 Å². The Morgan fingerprint density at radius 2 is 1.76 bits per heavy atom. The highest BCUT2D eigenvalue weighted by Gasteiger charge is 2.47. The molecule has 2 bridgehead atoms. The standard InChI is InChI=1S/C19H26F3N3O3S/c1-11(26)24-4-5-29(27,28)25-14-2-3-15(25)7-13(6-14)19(23)9-12-8-17(21)18(22)10-16(12)20/h8,10,13-15,19H,2-7,9,23H2,1H3,(H,24,26)/t13-,14-,15+,19?. The molecule has 0 saturated carbocycles. The van der Waals surface area contributed by atoms with Crippen LogP contribution in [0.5, 0.6) is 0 Å². The van der Waals surface area contributed by atoms with Crippen molar-refractivity contribution in [2.45, 2.75) is 57.2 Å². The molecule has 3 rings (SSSR count). The topological polar surface area (TPSA) is 92.5 Å². The van der Waals surface area contributed by atoms with Crippen LogP contribution >= 0.6 is 0 Å². The molecule has 2 heterocycles. The fourth-order valence-corrected chi connectivity index (χ4v) is 6.44. The van der Waals surface area contributed by atoms with Crippen molar-refractivity contribution in [2.75, 3.05) is 12.3 Å². The first-order valence-electron chi connectivity index (χ1n) is 9.73. The van der Waals surface area contributed by atoms with E-state index in [9.17, 15) is 26.4 Å². The number of halogens is 3. The van der Waals surface area contributed by atoms with Gasteiger partial charge in [-0.3, -0.25) is 4.79 Å². The average molecular weight is 433 g/mol. The monoisotopic (exact) mass is 433 g/mol. The fourth-order valence-electron chi connectivity index (χ4n) is 4.58. The van der Waals surface area contributed by atoms with Gasteiger partial charge >= 0.3 is 0 Å². The summed E-state index contributed by atoms with van der Waals surface area (Å²) in [5.41, 5.74) is 6.28. The Balaban J connectivity index is 1.65. The zero-order chi connectivity index (χ0) is 21.3. The summed E-state index contributed by atoms with van der Waals surface area (Å²) in [6, 6.07) is 0.511. The SMILES string of the molecule is CC(=O)NCCS(=O)(=O)N1[C@@H]2CC[C@H]1C[C@H](C(N)Cc1cc(F)c(F)cc1F)C2. The largest absolute Gasteiger partial charge is 0.355 e. The molecule has 29 heavy (non-hydrogen) atoms. The molecule has 6 nitrogen and oxygen atoms in total. The summed E-state index contributed by atoms with van der Waals surface area (Å²) in [5.74, 6) is -3.67. The molecule has 1 amide bonds. The van der Waals surface area contributed by atoms with Crippen molar-refractivity contribution in [1.29, 1.82) is 0 Å². The molecule has 2 fully saturated rings. The van der Waals surface area contributed by atoms with Gasteiger partial charge in [0.25, 0.3) is 0 Å². The van der Waals surface area contributed by atoms with Gasteiger partial charge in [-0.15, -0.1) is 0 Å². The molecule has 0 radical (unpaired) electrons. The van der Waals surface area contributed by atoms with Gasteiger partial charge in [0, 0.05) is 37.7 Å². The van der Waals surface area contributed by atoms with Gasteiger partial charge in [-0.1, -0.05) is 0 Å². The third-order valence-electron chi connectivity index (χ3n) is 5.91. The lowest BCUT2D eigenvalue weighted by atomic mass is 9.83. The molecule has 162 valence electrons. The number of benzene rings is 1. The second kappa shape index (κ2) is 8.61. The Hall–Kier alpha value is -1.65. The van der Waals surface area contributed by atoms with E-state index >= 15 is 0 Å². The third-order valence-corrected chi connectivity index (χ3v) is 7.87. The van der Waals surface area contributed by atoms with Crippen LogP contribution in [0.25, 0.3) is 0 Å². The van der Waals surface area contributed by atoms with Crippen molar-refractivity contribution in [3.8, 4) is 0 Å². The third kappa shape index (κ3) is 4.92. The van der Waals surface area contributed by atoms with Gasteiger partial charge in [-0.2, -0.15) is 4.31 Å². The van der Waals surface area contributed by atoms with E-state index in [0.717, 1.165) is 18.9 Å². The molecule has 1 aromatic rings. The number of carbonyl (C=O) groups is 1. The zero-order valence-corrected chi connectivity index (χ0v) is 17.0. The van der Waals surface area contributed by atoms with Crippen LogP contribution in [0, 0.1) is 23.4 Å². The van der Waals surface area contributed by atoms with Crippen LogP contribution in [0.4, 0.5) is 13.2 Å². The number of piperidine rings is 1. The van der Waals surface area contributed by atoms with Crippen LogP contribution in [0.2, 0.25) is 0 Å². The number of nitrogens with one attached hydrogen (secondary N) is 1. The van der Waals surface area contributed by atoms with Gasteiger partial charge in [0.2, 0.25) is 15.9 Å². The number of nitrogens with two attached hydrogens (primary N) is 1. The first-order chi connectivity index (χ1) is 13.6. The number of rotatable bonds is 7. The van der Waals surface area contributed by atoms with Gasteiger partial charge < -0.3 is 11.1 Å². The van der Waals surface area contributed by atoms with Gasteiger partial charge in [-0.25, -0.2) is 21.6 Å². The maximum Gasteiger partial charge on any atom is 0.216 e. The van der Waals surface area contributed by atoms with Gasteiger partial charge in [0.05, 0.1) is 5.75 Å². The van der Waals surface area contributed by atoms with E-state index in [1.165, 1.54) is 6.92 Å². The van der Waals surface area contributed by atoms with Crippen LogP contribution < -0.4 is 11.1 Å². The summed E-state index contributed by atoms with van der Waals surface area (Å²) in [6.07, 6.45) is 2.60. The number of nitrogens with zero attached hydrogens (tertiary/aromatic N) is 1. The molecule has 2 aliphatic rings. The Labute approximate surface area is 168 Å². The van der Waals surface area contributed by atoms with Crippen molar-refractivity contribution >= 4 is 15.9 Å². The van der Waals surface area contributed by atoms with Crippen LogP contribution in [-0.2, 0) is 21.2 Å². The van der Waals surface area contributed by atoms with Gasteiger partial charge in [0.1, 0.15) is 5.82 Å². The van der Waals surface area contributed by atoms with Crippen molar-refractivity contribution in [3.05, 3.63) is 35.1 Å². The van der Waals surface area contributed by atoms with Crippen LogP contribution in [0.15, 0.2) is 12.1 Å². The summed E-state index contributed by atoms with van der Waals surface area (Å²) in [4.78, 5) is 11.0. The molecule has 1 aromatic carbocycles. The molecule has 4 atom stereocenters. The van der Waals surface area contributed by atoms with Crippen LogP contribution in [0.3, 0.4) is 0 Å². The molecule has 3 N–H and O–H groups in total. The smallest absolute Gasteiger partial charge is 0.216 e.